The number of carbonyl (C=O) groups is 1. The predicted molar refractivity (Wildman–Crippen MR) is 134 cm³/mol. The SMILES string of the molecule is O=C(NCc1ccc(F)cc1)c1cn2ccn(Cc3ccco3)c(=O)c2c(OCc2ccccc2)c1=O. The van der Waals surface area contributed by atoms with Gasteiger partial charge in [0.1, 0.15) is 23.7 Å². The lowest BCUT2D eigenvalue weighted by Gasteiger charge is -2.14. The molecular formula is C28H22FN3O5. The number of benzene rings is 2. The normalized spacial score (nSPS) is 10.9. The maximum Gasteiger partial charge on any atom is 0.279 e. The summed E-state index contributed by atoms with van der Waals surface area (Å²) in [6.07, 6.45) is 5.94. The number of carbonyl (C=O) groups excluding carboxylic acids is 1. The number of furan rings is 1. The zero-order valence-electron chi connectivity index (χ0n) is 19.6. The van der Waals surface area contributed by atoms with Gasteiger partial charge in [0.25, 0.3) is 11.5 Å². The Morgan fingerprint density at radius 3 is 2.46 bits per heavy atom. The Morgan fingerprint density at radius 2 is 1.73 bits per heavy atom. The van der Waals surface area contributed by atoms with Crippen LogP contribution in [0.2, 0.25) is 0 Å². The summed E-state index contributed by atoms with van der Waals surface area (Å²) in [4.78, 5) is 39.9. The van der Waals surface area contributed by atoms with Gasteiger partial charge in [-0.2, -0.15) is 0 Å². The molecule has 0 unspecified atom stereocenters. The molecule has 0 saturated heterocycles. The highest BCUT2D eigenvalue weighted by molar-refractivity contribution is 5.94. The molecule has 0 bridgehead atoms. The number of nitrogens with one attached hydrogen (secondary N) is 1. The molecule has 8 nitrogen and oxygen atoms in total. The molecule has 5 rings (SSSR count). The zero-order valence-corrected chi connectivity index (χ0v) is 19.6. The van der Waals surface area contributed by atoms with Crippen molar-refractivity contribution >= 4 is 11.4 Å². The standard InChI is InChI=1S/C28H22FN3O5/c29-21-10-8-19(9-11-21)15-30-27(34)23-17-31-12-13-32(16-22-7-4-14-36-22)28(35)24(31)26(25(23)33)37-18-20-5-2-1-3-6-20/h1-14,17H,15-16,18H2,(H,30,34). The van der Waals surface area contributed by atoms with Gasteiger partial charge in [0.15, 0.2) is 11.3 Å². The van der Waals surface area contributed by atoms with Crippen LogP contribution in [0.5, 0.6) is 5.75 Å². The molecule has 5 aromatic rings. The average molecular weight is 499 g/mol. The number of hydrogen-bond acceptors (Lipinski definition) is 5. The van der Waals surface area contributed by atoms with E-state index in [1.165, 1.54) is 33.6 Å². The highest BCUT2D eigenvalue weighted by atomic mass is 19.1. The number of aromatic nitrogens is 2. The lowest BCUT2D eigenvalue weighted by molar-refractivity contribution is 0.0948. The van der Waals surface area contributed by atoms with Gasteiger partial charge in [0, 0.05) is 25.1 Å². The van der Waals surface area contributed by atoms with E-state index in [0.29, 0.717) is 11.3 Å². The molecule has 3 aromatic heterocycles. The fraction of sp³-hybridized carbons (Fsp3) is 0.107. The highest BCUT2D eigenvalue weighted by Crippen LogP contribution is 2.16. The molecule has 9 heteroatoms. The summed E-state index contributed by atoms with van der Waals surface area (Å²) in [7, 11) is 0. The van der Waals surface area contributed by atoms with E-state index in [9.17, 15) is 18.8 Å². The van der Waals surface area contributed by atoms with E-state index >= 15 is 0 Å². The van der Waals surface area contributed by atoms with Gasteiger partial charge in [-0.15, -0.1) is 0 Å². The first kappa shape index (κ1) is 23.8. The molecule has 0 aliphatic carbocycles. The van der Waals surface area contributed by atoms with Gasteiger partial charge < -0.3 is 23.4 Å². The summed E-state index contributed by atoms with van der Waals surface area (Å²) >= 11 is 0. The van der Waals surface area contributed by atoms with Crippen LogP contribution in [0, 0.1) is 5.82 Å². The molecule has 37 heavy (non-hydrogen) atoms. The van der Waals surface area contributed by atoms with Crippen molar-refractivity contribution < 1.29 is 18.3 Å². The van der Waals surface area contributed by atoms with Gasteiger partial charge in [-0.05, 0) is 35.4 Å². The molecule has 0 radical (unpaired) electrons. The molecule has 0 fully saturated rings. The first-order valence-electron chi connectivity index (χ1n) is 11.5. The minimum Gasteiger partial charge on any atom is -0.483 e. The lowest BCUT2D eigenvalue weighted by Crippen LogP contribution is -2.32. The highest BCUT2D eigenvalue weighted by Gasteiger charge is 2.21. The van der Waals surface area contributed by atoms with Gasteiger partial charge in [-0.3, -0.25) is 14.4 Å². The molecule has 0 aliphatic heterocycles. The van der Waals surface area contributed by atoms with Crippen molar-refractivity contribution in [3.8, 4) is 5.75 Å². The summed E-state index contributed by atoms with van der Waals surface area (Å²) in [6.45, 7) is 0.277. The fourth-order valence-corrected chi connectivity index (χ4v) is 3.89. The molecule has 0 saturated carbocycles. The van der Waals surface area contributed by atoms with Crippen LogP contribution in [0.15, 0.2) is 106 Å². The van der Waals surface area contributed by atoms with Crippen LogP contribution >= 0.6 is 0 Å². The van der Waals surface area contributed by atoms with Gasteiger partial charge in [-0.25, -0.2) is 4.39 Å². The average Bonchev–Trinajstić information content (AvgIpc) is 3.43. The molecule has 3 heterocycles. The first-order chi connectivity index (χ1) is 18.0. The number of pyridine rings is 1. The van der Waals surface area contributed by atoms with Gasteiger partial charge >= 0.3 is 0 Å². The third kappa shape index (κ3) is 5.20. The topological polar surface area (TPSA) is 95.0 Å². The fourth-order valence-electron chi connectivity index (χ4n) is 3.89. The van der Waals surface area contributed by atoms with Crippen molar-refractivity contribution in [1.29, 1.82) is 0 Å². The van der Waals surface area contributed by atoms with E-state index in [1.54, 1.807) is 36.7 Å². The van der Waals surface area contributed by atoms with E-state index in [0.717, 1.165) is 5.56 Å². The minimum atomic E-state index is -0.708. The Morgan fingerprint density at radius 1 is 0.946 bits per heavy atom. The van der Waals surface area contributed by atoms with Gasteiger partial charge in [0.2, 0.25) is 5.43 Å². The van der Waals surface area contributed by atoms with E-state index in [-0.39, 0.29) is 42.3 Å². The van der Waals surface area contributed by atoms with Crippen LogP contribution in [-0.4, -0.2) is 14.9 Å². The van der Waals surface area contributed by atoms with Crippen molar-refractivity contribution in [3.63, 3.8) is 0 Å². The molecule has 186 valence electrons. The summed E-state index contributed by atoms with van der Waals surface area (Å²) in [6, 6.07) is 18.3. The summed E-state index contributed by atoms with van der Waals surface area (Å²) < 4.78 is 27.2. The second-order valence-corrected chi connectivity index (χ2v) is 8.35. The van der Waals surface area contributed by atoms with E-state index < -0.39 is 16.9 Å². The maximum absolute atomic E-state index is 13.5. The molecule has 1 N–H and O–H groups in total. The molecular weight excluding hydrogens is 477 g/mol. The molecule has 0 atom stereocenters. The van der Waals surface area contributed by atoms with E-state index in [1.807, 2.05) is 30.3 Å². The van der Waals surface area contributed by atoms with Crippen molar-refractivity contribution in [3.05, 3.63) is 140 Å². The Balaban J connectivity index is 1.53. The van der Waals surface area contributed by atoms with Crippen LogP contribution in [0.3, 0.4) is 0 Å². The smallest absolute Gasteiger partial charge is 0.279 e. The molecule has 0 spiro atoms. The van der Waals surface area contributed by atoms with Gasteiger partial charge in [-0.1, -0.05) is 42.5 Å². The Kier molecular flexibility index (Phi) is 6.67. The zero-order chi connectivity index (χ0) is 25.8. The maximum atomic E-state index is 13.5. The summed E-state index contributed by atoms with van der Waals surface area (Å²) in [5, 5.41) is 2.67. The number of halogens is 1. The lowest BCUT2D eigenvalue weighted by atomic mass is 10.2. The summed E-state index contributed by atoms with van der Waals surface area (Å²) in [5.41, 5.74) is 0.0868. The van der Waals surface area contributed by atoms with E-state index in [2.05, 4.69) is 5.32 Å². The third-order valence-electron chi connectivity index (χ3n) is 5.81. The molecule has 1 amide bonds. The monoisotopic (exact) mass is 499 g/mol. The van der Waals surface area contributed by atoms with Gasteiger partial charge in [0.05, 0.1) is 12.8 Å². The van der Waals surface area contributed by atoms with Crippen molar-refractivity contribution in [2.45, 2.75) is 19.7 Å². The molecule has 0 aliphatic rings. The Hall–Kier alpha value is -4.92. The second kappa shape index (κ2) is 10.4. The minimum absolute atomic E-state index is 0.00470. The van der Waals surface area contributed by atoms with E-state index in [4.69, 9.17) is 9.15 Å². The van der Waals surface area contributed by atoms with Crippen LogP contribution < -0.4 is 21.0 Å². The van der Waals surface area contributed by atoms with Crippen molar-refractivity contribution in [2.24, 2.45) is 0 Å². The molecule has 2 aromatic carbocycles. The van der Waals surface area contributed by atoms with Crippen molar-refractivity contribution in [2.75, 3.05) is 0 Å². The number of nitrogens with zero attached hydrogens (tertiary/aromatic N) is 2. The number of amides is 1. The largest absolute Gasteiger partial charge is 0.483 e. The predicted octanol–water partition coefficient (Wildman–Crippen LogP) is 3.75. The Bertz CT molecular complexity index is 1660. The number of fused-ring (bicyclic) bond motifs is 1. The third-order valence-corrected chi connectivity index (χ3v) is 5.81. The van der Waals surface area contributed by atoms with Crippen LogP contribution in [-0.2, 0) is 19.7 Å². The first-order valence-corrected chi connectivity index (χ1v) is 11.5. The number of hydrogen-bond donors (Lipinski definition) is 1. The quantitative estimate of drug-likeness (QED) is 0.351. The number of rotatable bonds is 8. The Labute approximate surface area is 210 Å². The van der Waals surface area contributed by atoms with Crippen LogP contribution in [0.4, 0.5) is 4.39 Å². The van der Waals surface area contributed by atoms with Crippen LogP contribution in [0.1, 0.15) is 27.2 Å². The van der Waals surface area contributed by atoms with Crippen LogP contribution in [0.25, 0.3) is 5.52 Å². The van der Waals surface area contributed by atoms with Crippen molar-refractivity contribution in [1.82, 2.24) is 14.3 Å². The summed E-state index contributed by atoms with van der Waals surface area (Å²) in [5.74, 6) is -0.691. The second-order valence-electron chi connectivity index (χ2n) is 8.35. The number of ether oxygens (including phenoxy) is 1.